The predicted octanol–water partition coefficient (Wildman–Crippen LogP) is 1.67. The van der Waals surface area contributed by atoms with Crippen LogP contribution in [0, 0.1) is 0 Å². The van der Waals surface area contributed by atoms with Crippen LogP contribution in [-0.2, 0) is 4.79 Å². The first-order valence-corrected chi connectivity index (χ1v) is 5.51. The summed E-state index contributed by atoms with van der Waals surface area (Å²) in [4.78, 5) is 13.1. The zero-order valence-corrected chi connectivity index (χ0v) is 9.09. The van der Waals surface area contributed by atoms with Crippen molar-refractivity contribution in [2.75, 3.05) is 13.1 Å². The summed E-state index contributed by atoms with van der Waals surface area (Å²) in [7, 11) is 0. The molecule has 94 valence electrons. The van der Waals surface area contributed by atoms with Gasteiger partial charge in [-0.15, -0.1) is 0 Å². The van der Waals surface area contributed by atoms with Crippen molar-refractivity contribution in [3.05, 3.63) is 0 Å². The number of alkyl halides is 3. The smallest absolute Gasteiger partial charge is 0.341 e. The molecule has 0 aromatic carbocycles. The van der Waals surface area contributed by atoms with E-state index in [9.17, 15) is 18.0 Å². The molecule has 1 unspecified atom stereocenters. The Morgan fingerprint density at radius 3 is 2.69 bits per heavy atom. The highest BCUT2D eigenvalue weighted by molar-refractivity contribution is 5.82. The van der Waals surface area contributed by atoms with Crippen LogP contribution in [0.5, 0.6) is 0 Å². The van der Waals surface area contributed by atoms with Gasteiger partial charge in [0.2, 0.25) is 5.91 Å². The number of piperidine rings is 1. The Labute approximate surface area is 92.8 Å². The third-order valence-electron chi connectivity index (χ3n) is 2.71. The van der Waals surface area contributed by atoms with Crippen molar-refractivity contribution in [2.45, 2.75) is 44.3 Å². The van der Waals surface area contributed by atoms with Gasteiger partial charge in [-0.25, -0.2) is 0 Å². The molecule has 16 heavy (non-hydrogen) atoms. The molecule has 0 bridgehead atoms. The minimum absolute atomic E-state index is 0.0719. The van der Waals surface area contributed by atoms with Gasteiger partial charge in [-0.2, -0.15) is 13.2 Å². The van der Waals surface area contributed by atoms with Crippen molar-refractivity contribution >= 4 is 5.91 Å². The maximum absolute atomic E-state index is 11.9. The Hall–Kier alpha value is -0.780. The van der Waals surface area contributed by atoms with Crippen molar-refractivity contribution < 1.29 is 18.0 Å². The maximum atomic E-state index is 11.9. The molecule has 1 amide bonds. The minimum Gasteiger partial charge on any atom is -0.341 e. The fraction of sp³-hybridized carbons (Fsp3) is 0.900. The van der Waals surface area contributed by atoms with Crippen molar-refractivity contribution in [1.29, 1.82) is 0 Å². The van der Waals surface area contributed by atoms with Crippen molar-refractivity contribution in [3.8, 4) is 0 Å². The molecule has 1 saturated heterocycles. The summed E-state index contributed by atoms with van der Waals surface area (Å²) >= 11 is 0. The molecule has 0 aromatic heterocycles. The molecular weight excluding hydrogens is 221 g/mol. The van der Waals surface area contributed by atoms with E-state index < -0.39 is 18.6 Å². The van der Waals surface area contributed by atoms with Crippen LogP contribution in [0.15, 0.2) is 0 Å². The van der Waals surface area contributed by atoms with Crippen LogP contribution in [0.1, 0.15) is 32.1 Å². The van der Waals surface area contributed by atoms with Gasteiger partial charge in [-0.3, -0.25) is 4.79 Å². The van der Waals surface area contributed by atoms with Gasteiger partial charge in [0.1, 0.15) is 0 Å². The molecule has 1 aliphatic heterocycles. The molecule has 0 spiro atoms. The number of likely N-dealkylation sites (tertiary alicyclic amines) is 1. The fourth-order valence-corrected chi connectivity index (χ4v) is 1.82. The van der Waals surface area contributed by atoms with E-state index in [2.05, 4.69) is 0 Å². The number of hydrogen-bond acceptors (Lipinski definition) is 2. The molecule has 2 N–H and O–H groups in total. The Morgan fingerprint density at radius 2 is 2.06 bits per heavy atom. The van der Waals surface area contributed by atoms with Crippen molar-refractivity contribution in [1.82, 2.24) is 4.90 Å². The number of hydrogen-bond donors (Lipinski definition) is 1. The molecule has 1 rings (SSSR count). The highest BCUT2D eigenvalue weighted by Crippen LogP contribution is 2.22. The molecule has 1 heterocycles. The van der Waals surface area contributed by atoms with Crippen LogP contribution < -0.4 is 5.73 Å². The highest BCUT2D eigenvalue weighted by atomic mass is 19.4. The Balaban J connectivity index is 2.20. The second kappa shape index (κ2) is 5.52. The van der Waals surface area contributed by atoms with Gasteiger partial charge in [0.05, 0.1) is 6.04 Å². The molecule has 0 radical (unpaired) electrons. The van der Waals surface area contributed by atoms with E-state index >= 15 is 0 Å². The Morgan fingerprint density at radius 1 is 1.38 bits per heavy atom. The van der Waals surface area contributed by atoms with E-state index in [1.807, 2.05) is 0 Å². The van der Waals surface area contributed by atoms with E-state index in [0.29, 0.717) is 25.9 Å². The Bertz CT molecular complexity index is 243. The molecular formula is C10H17F3N2O. The first-order chi connectivity index (χ1) is 7.40. The van der Waals surface area contributed by atoms with Gasteiger partial charge >= 0.3 is 6.18 Å². The lowest BCUT2D eigenvalue weighted by molar-refractivity contribution is -0.137. The fourth-order valence-electron chi connectivity index (χ4n) is 1.82. The van der Waals surface area contributed by atoms with Gasteiger partial charge in [0, 0.05) is 19.5 Å². The number of carbonyl (C=O) groups excluding carboxylic acids is 1. The Kier molecular flexibility index (Phi) is 4.58. The van der Waals surface area contributed by atoms with E-state index in [1.54, 1.807) is 4.90 Å². The van der Waals surface area contributed by atoms with Gasteiger partial charge in [0.15, 0.2) is 0 Å². The van der Waals surface area contributed by atoms with E-state index in [-0.39, 0.29) is 12.3 Å². The van der Waals surface area contributed by atoms with Crippen molar-refractivity contribution in [2.24, 2.45) is 5.73 Å². The highest BCUT2D eigenvalue weighted by Gasteiger charge is 2.27. The molecule has 1 aliphatic rings. The van der Waals surface area contributed by atoms with Gasteiger partial charge in [-0.1, -0.05) is 0 Å². The monoisotopic (exact) mass is 238 g/mol. The number of rotatable bonds is 4. The van der Waals surface area contributed by atoms with Gasteiger partial charge in [0.25, 0.3) is 0 Å². The molecule has 1 atom stereocenters. The summed E-state index contributed by atoms with van der Waals surface area (Å²) in [6.07, 6.45) is -2.89. The number of carbonyl (C=O) groups is 1. The van der Waals surface area contributed by atoms with E-state index in [1.165, 1.54) is 0 Å². The number of nitrogens with two attached hydrogens (primary N) is 1. The summed E-state index contributed by atoms with van der Waals surface area (Å²) in [6, 6.07) is -0.462. The van der Waals surface area contributed by atoms with Gasteiger partial charge < -0.3 is 10.6 Å². The van der Waals surface area contributed by atoms with Crippen molar-refractivity contribution in [3.63, 3.8) is 0 Å². The zero-order chi connectivity index (χ0) is 12.2. The molecule has 0 aromatic rings. The molecule has 6 heteroatoms. The van der Waals surface area contributed by atoms with Gasteiger partial charge in [-0.05, 0) is 25.7 Å². The molecule has 0 aliphatic carbocycles. The predicted molar refractivity (Wildman–Crippen MR) is 53.7 cm³/mol. The zero-order valence-electron chi connectivity index (χ0n) is 9.09. The number of unbranched alkanes of at least 4 members (excludes halogenated alkanes) is 1. The molecule has 3 nitrogen and oxygen atoms in total. The largest absolute Gasteiger partial charge is 0.389 e. The normalized spacial score (nSPS) is 22.6. The quantitative estimate of drug-likeness (QED) is 0.757. The first-order valence-electron chi connectivity index (χ1n) is 5.51. The van der Waals surface area contributed by atoms with E-state index in [0.717, 1.165) is 6.42 Å². The number of nitrogens with zero attached hydrogens (tertiary/aromatic N) is 1. The third kappa shape index (κ3) is 4.38. The summed E-state index contributed by atoms with van der Waals surface area (Å²) in [5.41, 5.74) is 5.57. The van der Waals surface area contributed by atoms with Crippen LogP contribution in [0.4, 0.5) is 13.2 Å². The van der Waals surface area contributed by atoms with Crippen LogP contribution in [-0.4, -0.2) is 36.1 Å². The van der Waals surface area contributed by atoms with E-state index in [4.69, 9.17) is 5.73 Å². The second-order valence-electron chi connectivity index (χ2n) is 4.15. The van der Waals surface area contributed by atoms with Crippen LogP contribution in [0.2, 0.25) is 0 Å². The maximum Gasteiger partial charge on any atom is 0.389 e. The summed E-state index contributed by atoms with van der Waals surface area (Å²) < 4.78 is 35.6. The van der Waals surface area contributed by atoms with Crippen LogP contribution >= 0.6 is 0 Å². The topological polar surface area (TPSA) is 46.3 Å². The number of halogens is 3. The lowest BCUT2D eigenvalue weighted by Crippen LogP contribution is -2.48. The van der Waals surface area contributed by atoms with Crippen LogP contribution in [0.3, 0.4) is 0 Å². The third-order valence-corrected chi connectivity index (χ3v) is 2.71. The average molecular weight is 238 g/mol. The summed E-state index contributed by atoms with van der Waals surface area (Å²) in [6.45, 7) is 1.02. The lowest BCUT2D eigenvalue weighted by Gasteiger charge is -2.30. The number of amides is 1. The van der Waals surface area contributed by atoms with Crippen LogP contribution in [0.25, 0.3) is 0 Å². The summed E-state index contributed by atoms with van der Waals surface area (Å²) in [5, 5.41) is 0. The molecule has 0 saturated carbocycles. The first kappa shape index (κ1) is 13.3. The SMILES string of the molecule is NC1CCCN(CCCCC(F)(F)F)C1=O. The molecule has 1 fully saturated rings. The standard InChI is InChI=1S/C10H17F3N2O/c11-10(12,13)5-1-2-6-15-7-3-4-8(14)9(15)16/h8H,1-7,14H2. The lowest BCUT2D eigenvalue weighted by atomic mass is 10.1. The summed E-state index contributed by atoms with van der Waals surface area (Å²) in [5.74, 6) is -0.127. The second-order valence-corrected chi connectivity index (χ2v) is 4.15. The minimum atomic E-state index is -4.09. The average Bonchev–Trinajstić information content (AvgIpc) is 2.17.